The van der Waals surface area contributed by atoms with Crippen molar-refractivity contribution >= 4 is 0 Å². The lowest BCUT2D eigenvalue weighted by atomic mass is 10.1. The predicted octanol–water partition coefficient (Wildman–Crippen LogP) is 7.94. The third kappa shape index (κ3) is 9.19. The molecule has 1 aromatic carbocycles. The summed E-state index contributed by atoms with van der Waals surface area (Å²) in [7, 11) is 0. The number of imidazole rings is 1. The highest BCUT2D eigenvalue weighted by Gasteiger charge is 2.18. The van der Waals surface area contributed by atoms with E-state index in [4.69, 9.17) is 0 Å². The van der Waals surface area contributed by atoms with Crippen molar-refractivity contribution in [3.63, 3.8) is 0 Å². The molecule has 29 heavy (non-hydrogen) atoms. The van der Waals surface area contributed by atoms with Gasteiger partial charge in [0, 0.05) is 0 Å². The van der Waals surface area contributed by atoms with E-state index >= 15 is 0 Å². The number of hydrogen-bond donors (Lipinski definition) is 0. The largest absolute Gasteiger partial charge is 0.288 e. The minimum Gasteiger partial charge on any atom is -0.230 e. The highest BCUT2D eigenvalue weighted by molar-refractivity contribution is 5.52. The monoisotopic (exact) mass is 397 g/mol. The van der Waals surface area contributed by atoms with E-state index < -0.39 is 0 Å². The fourth-order valence-electron chi connectivity index (χ4n) is 4.23. The highest BCUT2D eigenvalue weighted by Crippen LogP contribution is 2.18. The van der Waals surface area contributed by atoms with Crippen molar-refractivity contribution < 1.29 is 4.57 Å². The van der Waals surface area contributed by atoms with E-state index in [0.717, 1.165) is 13.1 Å². The van der Waals surface area contributed by atoms with Gasteiger partial charge < -0.3 is 0 Å². The third-order valence-electron chi connectivity index (χ3n) is 6.01. The summed E-state index contributed by atoms with van der Waals surface area (Å²) in [5.41, 5.74) is 1.35. The van der Waals surface area contributed by atoms with Crippen molar-refractivity contribution in [1.29, 1.82) is 0 Å². The average Bonchev–Trinajstić information content (AvgIpc) is 3.15. The molecule has 0 fully saturated rings. The fourth-order valence-corrected chi connectivity index (χ4v) is 4.23. The van der Waals surface area contributed by atoms with Crippen molar-refractivity contribution in [2.75, 3.05) is 0 Å². The Bertz CT molecular complexity index is 594. The van der Waals surface area contributed by atoms with E-state index in [-0.39, 0.29) is 0 Å². The van der Waals surface area contributed by atoms with Crippen LogP contribution < -0.4 is 4.57 Å². The molecule has 0 radical (unpaired) electrons. The molecule has 0 spiro atoms. The van der Waals surface area contributed by atoms with Gasteiger partial charge >= 0.3 is 0 Å². The molecule has 0 atom stereocenters. The summed E-state index contributed by atoms with van der Waals surface area (Å²) in [5, 5.41) is 0. The van der Waals surface area contributed by atoms with Crippen LogP contribution in [0.3, 0.4) is 0 Å². The van der Waals surface area contributed by atoms with E-state index in [0.29, 0.717) is 0 Å². The van der Waals surface area contributed by atoms with E-state index in [1.807, 2.05) is 0 Å². The summed E-state index contributed by atoms with van der Waals surface area (Å²) < 4.78 is 4.98. The summed E-state index contributed by atoms with van der Waals surface area (Å²) in [6.07, 6.45) is 23.8. The second-order valence-electron chi connectivity index (χ2n) is 8.62. The van der Waals surface area contributed by atoms with Crippen LogP contribution in [0.15, 0.2) is 42.7 Å². The van der Waals surface area contributed by atoms with Gasteiger partial charge in [-0.3, -0.25) is 0 Å². The van der Waals surface area contributed by atoms with Crippen LogP contribution in [0, 0.1) is 0 Å². The van der Waals surface area contributed by atoms with Crippen molar-refractivity contribution in [3.05, 3.63) is 42.7 Å². The third-order valence-corrected chi connectivity index (χ3v) is 6.01. The maximum atomic E-state index is 2.49. The quantitative estimate of drug-likeness (QED) is 0.189. The summed E-state index contributed by atoms with van der Waals surface area (Å²) in [4.78, 5) is 0. The Kier molecular flexibility index (Phi) is 12.5. The molecule has 2 heteroatoms. The number of unbranched alkanes of at least 4 members (excludes halogenated alkanes) is 12. The first kappa shape index (κ1) is 23.7. The van der Waals surface area contributed by atoms with Gasteiger partial charge in [0.2, 0.25) is 0 Å². The van der Waals surface area contributed by atoms with Crippen molar-refractivity contribution in [2.24, 2.45) is 0 Å². The van der Waals surface area contributed by atoms with Crippen LogP contribution in [-0.2, 0) is 13.1 Å². The van der Waals surface area contributed by atoms with Gasteiger partial charge in [-0.05, 0) is 37.8 Å². The lowest BCUT2D eigenvalue weighted by molar-refractivity contribution is -0.686. The lowest BCUT2D eigenvalue weighted by Gasteiger charge is -2.06. The molecule has 0 bridgehead atoms. The van der Waals surface area contributed by atoms with E-state index in [1.165, 1.54) is 101 Å². The van der Waals surface area contributed by atoms with E-state index in [2.05, 4.69) is 65.7 Å². The van der Waals surface area contributed by atoms with E-state index in [1.54, 1.807) is 0 Å². The van der Waals surface area contributed by atoms with Crippen LogP contribution in [-0.4, -0.2) is 4.57 Å². The topological polar surface area (TPSA) is 8.81 Å². The zero-order chi connectivity index (χ0) is 20.6. The number of benzene rings is 1. The standard InChI is InChI=1S/C27H45N2/c1-3-5-7-9-11-13-18-22-28-24-25-29(23-19-14-12-10-8-6-4-2)27(28)26-20-16-15-17-21-26/h15-17,20-21,24-25H,3-14,18-19,22-23H2,1-2H3/q+1. The SMILES string of the molecule is CCCCCCCCCn1cc[n+](CCCCCCCCC)c1-c1ccccc1. The first-order valence-corrected chi connectivity index (χ1v) is 12.5. The van der Waals surface area contributed by atoms with Gasteiger partial charge in [0.15, 0.2) is 0 Å². The van der Waals surface area contributed by atoms with E-state index in [9.17, 15) is 0 Å². The van der Waals surface area contributed by atoms with Crippen LogP contribution in [0.2, 0.25) is 0 Å². The zero-order valence-electron chi connectivity index (χ0n) is 19.2. The Balaban J connectivity index is 1.85. The Labute approximate surface area is 180 Å². The molecule has 0 saturated carbocycles. The van der Waals surface area contributed by atoms with Gasteiger partial charge in [0.1, 0.15) is 12.4 Å². The molecule has 1 heterocycles. The summed E-state index contributed by atoms with van der Waals surface area (Å²) in [6, 6.07) is 11.0. The number of aryl methyl sites for hydroxylation is 2. The fraction of sp³-hybridized carbons (Fsp3) is 0.667. The maximum absolute atomic E-state index is 2.49. The molecule has 0 aliphatic heterocycles. The molecule has 162 valence electrons. The van der Waals surface area contributed by atoms with Gasteiger partial charge in [-0.25, -0.2) is 9.13 Å². The van der Waals surface area contributed by atoms with Gasteiger partial charge in [-0.2, -0.15) is 0 Å². The molecule has 0 aliphatic carbocycles. The first-order valence-electron chi connectivity index (χ1n) is 12.5. The number of rotatable bonds is 17. The lowest BCUT2D eigenvalue weighted by Crippen LogP contribution is -2.34. The summed E-state index contributed by atoms with van der Waals surface area (Å²) in [5.74, 6) is 1.39. The van der Waals surface area contributed by atoms with Gasteiger partial charge in [-0.15, -0.1) is 0 Å². The molecular formula is C27H45N2+. The minimum atomic E-state index is 1.14. The Morgan fingerprint density at radius 1 is 0.655 bits per heavy atom. The van der Waals surface area contributed by atoms with Gasteiger partial charge in [-0.1, -0.05) is 96.3 Å². The average molecular weight is 398 g/mol. The molecule has 2 rings (SSSR count). The first-order chi connectivity index (χ1) is 14.4. The molecule has 2 aromatic rings. The summed E-state index contributed by atoms with van der Waals surface area (Å²) in [6.45, 7) is 6.86. The van der Waals surface area contributed by atoms with Crippen LogP contribution in [0.1, 0.15) is 104 Å². The second-order valence-corrected chi connectivity index (χ2v) is 8.62. The Morgan fingerprint density at radius 3 is 1.83 bits per heavy atom. The number of hydrogen-bond acceptors (Lipinski definition) is 0. The van der Waals surface area contributed by atoms with Gasteiger partial charge in [0.05, 0.1) is 18.7 Å². The molecule has 1 aromatic heterocycles. The Morgan fingerprint density at radius 2 is 1.21 bits per heavy atom. The normalized spacial score (nSPS) is 11.2. The maximum Gasteiger partial charge on any atom is 0.288 e. The second kappa shape index (κ2) is 15.3. The van der Waals surface area contributed by atoms with Crippen LogP contribution >= 0.6 is 0 Å². The molecule has 0 amide bonds. The number of nitrogens with zero attached hydrogens (tertiary/aromatic N) is 2. The number of aromatic nitrogens is 2. The zero-order valence-corrected chi connectivity index (χ0v) is 19.2. The van der Waals surface area contributed by atoms with Gasteiger partial charge in [0.25, 0.3) is 5.82 Å². The molecular weight excluding hydrogens is 352 g/mol. The van der Waals surface area contributed by atoms with Crippen molar-refractivity contribution in [3.8, 4) is 11.4 Å². The highest BCUT2D eigenvalue weighted by atomic mass is 15.1. The minimum absolute atomic E-state index is 1.14. The summed E-state index contributed by atoms with van der Waals surface area (Å²) >= 11 is 0. The van der Waals surface area contributed by atoms with Crippen LogP contribution in [0.5, 0.6) is 0 Å². The van der Waals surface area contributed by atoms with Crippen molar-refractivity contribution in [1.82, 2.24) is 4.57 Å². The smallest absolute Gasteiger partial charge is 0.230 e. The van der Waals surface area contributed by atoms with Crippen molar-refractivity contribution in [2.45, 2.75) is 117 Å². The molecule has 2 nitrogen and oxygen atoms in total. The molecule has 0 N–H and O–H groups in total. The van der Waals surface area contributed by atoms with Crippen LogP contribution in [0.4, 0.5) is 0 Å². The Hall–Kier alpha value is -1.57. The molecule has 0 unspecified atom stereocenters. The van der Waals surface area contributed by atoms with Crippen LogP contribution in [0.25, 0.3) is 11.4 Å². The molecule has 0 aliphatic rings. The molecule has 0 saturated heterocycles. The predicted molar refractivity (Wildman–Crippen MR) is 126 cm³/mol.